The van der Waals surface area contributed by atoms with Crippen LogP contribution in [0.3, 0.4) is 0 Å². The number of unbranched alkanes of at least 4 members (excludes halogenated alkanes) is 3. The molecule has 1 amide bonds. The molecule has 0 aromatic heterocycles. The topological polar surface area (TPSA) is 129 Å². The highest BCUT2D eigenvalue weighted by Gasteiger charge is 2.40. The predicted molar refractivity (Wildman–Crippen MR) is 162 cm³/mol. The van der Waals surface area contributed by atoms with Crippen LogP contribution in [0.1, 0.15) is 75.8 Å². The molecule has 0 saturated carbocycles. The SMILES string of the molecule is CCCCCC(OCc1ccccc1)[P+](=O)OC(CCCCNC(=O)OCc1ccccc1)C(=O)OC(=O)[C@@H]1CCCN1. The summed E-state index contributed by atoms with van der Waals surface area (Å²) in [6.45, 7) is 3.49. The van der Waals surface area contributed by atoms with Crippen molar-refractivity contribution in [2.75, 3.05) is 13.1 Å². The van der Waals surface area contributed by atoms with E-state index in [2.05, 4.69) is 17.6 Å². The molecule has 0 radical (unpaired) electrons. The van der Waals surface area contributed by atoms with E-state index in [0.29, 0.717) is 38.8 Å². The Morgan fingerprint density at radius 3 is 2.26 bits per heavy atom. The Labute approximate surface area is 255 Å². The Bertz CT molecular complexity index is 1130. The fourth-order valence-electron chi connectivity index (χ4n) is 4.53. The van der Waals surface area contributed by atoms with Crippen molar-refractivity contribution in [3.8, 4) is 0 Å². The molecule has 1 aliphatic heterocycles. The predicted octanol–water partition coefficient (Wildman–Crippen LogP) is 6.16. The van der Waals surface area contributed by atoms with Crippen LogP contribution in [0.15, 0.2) is 60.7 Å². The van der Waals surface area contributed by atoms with E-state index in [0.717, 1.165) is 36.8 Å². The molecule has 0 bridgehead atoms. The zero-order valence-corrected chi connectivity index (χ0v) is 25.8. The number of carbonyl (C=O) groups excluding carboxylic acids is 3. The second-order valence-electron chi connectivity index (χ2n) is 10.5. The maximum absolute atomic E-state index is 13.4. The van der Waals surface area contributed by atoms with Gasteiger partial charge >= 0.3 is 26.1 Å². The van der Waals surface area contributed by atoms with Gasteiger partial charge in [-0.2, -0.15) is 0 Å². The van der Waals surface area contributed by atoms with Crippen LogP contribution in [-0.4, -0.2) is 49.1 Å². The molecule has 1 fully saturated rings. The third-order valence-electron chi connectivity index (χ3n) is 6.99. The van der Waals surface area contributed by atoms with E-state index in [4.69, 9.17) is 18.7 Å². The maximum atomic E-state index is 13.4. The van der Waals surface area contributed by atoms with E-state index >= 15 is 0 Å². The third kappa shape index (κ3) is 13.3. The Hall–Kier alpha value is -3.17. The Balaban J connectivity index is 1.53. The average Bonchev–Trinajstić information content (AvgIpc) is 3.57. The number of carbonyl (C=O) groups is 3. The molecule has 1 heterocycles. The first-order chi connectivity index (χ1) is 21.0. The van der Waals surface area contributed by atoms with Gasteiger partial charge in [0.25, 0.3) is 5.85 Å². The number of rotatable bonds is 19. The van der Waals surface area contributed by atoms with E-state index in [1.54, 1.807) is 0 Å². The van der Waals surface area contributed by atoms with Crippen molar-refractivity contribution < 1.29 is 37.7 Å². The molecule has 2 N–H and O–H groups in total. The van der Waals surface area contributed by atoms with Gasteiger partial charge in [-0.1, -0.05) is 80.4 Å². The number of hydrogen-bond acceptors (Lipinski definition) is 9. The van der Waals surface area contributed by atoms with Crippen LogP contribution in [0.2, 0.25) is 0 Å². The van der Waals surface area contributed by atoms with E-state index < -0.39 is 44.1 Å². The van der Waals surface area contributed by atoms with Crippen molar-refractivity contribution in [1.82, 2.24) is 10.6 Å². The monoisotopic (exact) mass is 615 g/mol. The molecule has 2 aromatic rings. The number of esters is 2. The van der Waals surface area contributed by atoms with Crippen molar-refractivity contribution in [3.05, 3.63) is 71.8 Å². The highest BCUT2D eigenvalue weighted by atomic mass is 31.1. The Morgan fingerprint density at radius 2 is 1.60 bits per heavy atom. The molecule has 0 aliphatic carbocycles. The maximum Gasteiger partial charge on any atom is 0.541 e. The Kier molecular flexibility index (Phi) is 15.9. The highest BCUT2D eigenvalue weighted by Crippen LogP contribution is 2.37. The fourth-order valence-corrected chi connectivity index (χ4v) is 5.70. The Morgan fingerprint density at radius 1 is 0.930 bits per heavy atom. The van der Waals surface area contributed by atoms with Gasteiger partial charge in [-0.3, -0.25) is 0 Å². The number of hydrogen-bond donors (Lipinski definition) is 2. The first-order valence-corrected chi connectivity index (χ1v) is 16.4. The largest absolute Gasteiger partial charge is 0.541 e. The quantitative estimate of drug-likeness (QED) is 0.0827. The van der Waals surface area contributed by atoms with Crippen LogP contribution >= 0.6 is 8.03 Å². The van der Waals surface area contributed by atoms with E-state index in [-0.39, 0.29) is 19.6 Å². The average molecular weight is 616 g/mol. The van der Waals surface area contributed by atoms with Gasteiger partial charge in [0.15, 0.2) is 0 Å². The van der Waals surface area contributed by atoms with Gasteiger partial charge in [0.1, 0.15) is 12.6 Å². The molecule has 43 heavy (non-hydrogen) atoms. The minimum Gasteiger partial charge on any atom is -0.445 e. The van der Waals surface area contributed by atoms with Crippen LogP contribution in [0, 0.1) is 0 Å². The van der Waals surface area contributed by atoms with Crippen molar-refractivity contribution in [1.29, 1.82) is 0 Å². The van der Waals surface area contributed by atoms with Gasteiger partial charge < -0.3 is 24.8 Å². The first-order valence-electron chi connectivity index (χ1n) is 15.2. The number of ether oxygens (including phenoxy) is 3. The first kappa shape index (κ1) is 34.3. The molecule has 11 heteroatoms. The second kappa shape index (κ2) is 19.9. The molecule has 2 aromatic carbocycles. The van der Waals surface area contributed by atoms with Crippen LogP contribution in [0.5, 0.6) is 0 Å². The van der Waals surface area contributed by atoms with Crippen molar-refractivity contribution in [3.63, 3.8) is 0 Å². The van der Waals surface area contributed by atoms with Gasteiger partial charge in [-0.05, 0) is 60.8 Å². The molecule has 3 unspecified atom stereocenters. The summed E-state index contributed by atoms with van der Waals surface area (Å²) in [5, 5.41) is 5.70. The summed E-state index contributed by atoms with van der Waals surface area (Å²) in [5.74, 6) is -2.24. The third-order valence-corrected chi connectivity index (χ3v) is 8.33. The van der Waals surface area contributed by atoms with E-state index in [1.807, 2.05) is 60.7 Å². The van der Waals surface area contributed by atoms with Crippen LogP contribution in [0.4, 0.5) is 4.79 Å². The van der Waals surface area contributed by atoms with Crippen molar-refractivity contribution in [2.24, 2.45) is 0 Å². The minimum absolute atomic E-state index is 0.159. The molecule has 10 nitrogen and oxygen atoms in total. The number of nitrogens with one attached hydrogen (secondary N) is 2. The zero-order valence-electron chi connectivity index (χ0n) is 24.9. The summed E-state index contributed by atoms with van der Waals surface area (Å²) in [6.07, 6.45) is 4.01. The van der Waals surface area contributed by atoms with E-state index in [1.165, 1.54) is 0 Å². The summed E-state index contributed by atoms with van der Waals surface area (Å²) < 4.78 is 35.6. The van der Waals surface area contributed by atoms with Crippen LogP contribution in [-0.2, 0) is 46.1 Å². The lowest BCUT2D eigenvalue weighted by Crippen LogP contribution is -2.37. The summed E-state index contributed by atoms with van der Waals surface area (Å²) in [5.41, 5.74) is 1.82. The van der Waals surface area contributed by atoms with Gasteiger partial charge in [0, 0.05) is 13.0 Å². The van der Waals surface area contributed by atoms with Gasteiger partial charge in [-0.25, -0.2) is 14.4 Å². The standard InChI is InChI=1S/C32H43N2O8P/c1-2-3-6-20-29(39-23-25-14-7-4-8-15-25)43(38)42-28(31(36)41-30(35)27-18-13-22-33-27)19-11-12-21-34-32(37)40-24-26-16-9-5-10-17-26/h4-5,7-10,14-17,27-29,33H,2-3,6,11-13,18-24H2,1H3/p+1/t27-,28?,29?/m0/s1. The summed E-state index contributed by atoms with van der Waals surface area (Å²) >= 11 is 0. The van der Waals surface area contributed by atoms with Gasteiger partial charge in [0.2, 0.25) is 6.10 Å². The molecule has 0 spiro atoms. The lowest BCUT2D eigenvalue weighted by Gasteiger charge is -2.15. The summed E-state index contributed by atoms with van der Waals surface area (Å²) in [6, 6.07) is 18.4. The number of alkyl carbamates (subject to hydrolysis) is 1. The van der Waals surface area contributed by atoms with Gasteiger partial charge in [0.05, 0.1) is 6.61 Å². The summed E-state index contributed by atoms with van der Waals surface area (Å²) in [4.78, 5) is 37.6. The van der Waals surface area contributed by atoms with Crippen molar-refractivity contribution >= 4 is 26.1 Å². The molecular formula is C32H44N2O8P+. The lowest BCUT2D eigenvalue weighted by atomic mass is 10.1. The smallest absolute Gasteiger partial charge is 0.445 e. The van der Waals surface area contributed by atoms with E-state index in [9.17, 15) is 18.9 Å². The molecule has 4 atom stereocenters. The normalized spacial score (nSPS) is 16.2. The van der Waals surface area contributed by atoms with Crippen LogP contribution < -0.4 is 10.6 Å². The highest BCUT2D eigenvalue weighted by molar-refractivity contribution is 7.39. The zero-order chi connectivity index (χ0) is 30.7. The lowest BCUT2D eigenvalue weighted by molar-refractivity contribution is -0.166. The fraction of sp³-hybridized carbons (Fsp3) is 0.531. The summed E-state index contributed by atoms with van der Waals surface area (Å²) in [7, 11) is -2.42. The molecule has 3 rings (SSSR count). The van der Waals surface area contributed by atoms with Gasteiger partial charge in [-0.15, -0.1) is 4.52 Å². The number of amides is 1. The second-order valence-corrected chi connectivity index (χ2v) is 11.9. The number of benzene rings is 2. The molecule has 1 aliphatic rings. The van der Waals surface area contributed by atoms with Crippen molar-refractivity contribution in [2.45, 2.75) is 95.9 Å². The van der Waals surface area contributed by atoms with Crippen LogP contribution in [0.25, 0.3) is 0 Å². The molecular weight excluding hydrogens is 571 g/mol. The molecule has 234 valence electrons. The minimum atomic E-state index is -2.42. The molecule has 1 saturated heterocycles.